The summed E-state index contributed by atoms with van der Waals surface area (Å²) in [5.74, 6) is 2.33. The van der Waals surface area contributed by atoms with Gasteiger partial charge in [0.1, 0.15) is 23.9 Å². The van der Waals surface area contributed by atoms with Crippen LogP contribution < -0.4 is 19.5 Å². The van der Waals surface area contributed by atoms with Crippen LogP contribution in [-0.4, -0.2) is 20.3 Å². The summed E-state index contributed by atoms with van der Waals surface area (Å²) in [7, 11) is 3.41. The Morgan fingerprint density at radius 3 is 2.21 bits per heavy atom. The number of ether oxygens (including phenoxy) is 3. The van der Waals surface area contributed by atoms with Gasteiger partial charge >= 0.3 is 0 Å². The fourth-order valence-corrected chi connectivity index (χ4v) is 4.70. The maximum Gasteiger partial charge on any atom is 0.130 e. The summed E-state index contributed by atoms with van der Waals surface area (Å²) in [6.07, 6.45) is 6.46. The topological polar surface area (TPSA) is 39.7 Å². The number of hydrogen-bond donors (Lipinski definition) is 1. The molecule has 0 heterocycles. The maximum atomic E-state index is 6.22. The van der Waals surface area contributed by atoms with Crippen molar-refractivity contribution in [1.29, 1.82) is 0 Å². The lowest BCUT2D eigenvalue weighted by molar-refractivity contribution is 0.298. The van der Waals surface area contributed by atoms with Crippen molar-refractivity contribution in [2.24, 2.45) is 0 Å². The van der Waals surface area contributed by atoms with Gasteiger partial charge in [0.2, 0.25) is 0 Å². The van der Waals surface area contributed by atoms with Crippen LogP contribution in [0.15, 0.2) is 60.7 Å². The lowest BCUT2D eigenvalue weighted by Gasteiger charge is -2.24. The van der Waals surface area contributed by atoms with Crippen molar-refractivity contribution < 1.29 is 14.2 Å². The fourth-order valence-electron chi connectivity index (χ4n) is 4.70. The van der Waals surface area contributed by atoms with Crippen LogP contribution >= 0.6 is 0 Å². The Kier molecular flexibility index (Phi) is 7.90. The zero-order chi connectivity index (χ0) is 23.0. The molecule has 4 heteroatoms. The van der Waals surface area contributed by atoms with Crippen molar-refractivity contribution in [2.45, 2.75) is 58.2 Å². The highest BCUT2D eigenvalue weighted by Gasteiger charge is 2.18. The molecule has 0 atom stereocenters. The number of rotatable bonds is 9. The van der Waals surface area contributed by atoms with Gasteiger partial charge in [-0.1, -0.05) is 67.8 Å². The SMILES string of the molecule is COc1cc(OCc2cccc(-c3ccccc3)c2C)cc(OC)c1CNC1CCCCC1. The Morgan fingerprint density at radius 1 is 0.848 bits per heavy atom. The molecule has 0 radical (unpaired) electrons. The van der Waals surface area contributed by atoms with E-state index < -0.39 is 0 Å². The molecule has 1 aliphatic rings. The van der Waals surface area contributed by atoms with E-state index in [-0.39, 0.29) is 0 Å². The molecular formula is C29H35NO3. The van der Waals surface area contributed by atoms with E-state index in [1.54, 1.807) is 14.2 Å². The molecular weight excluding hydrogens is 410 g/mol. The van der Waals surface area contributed by atoms with Gasteiger partial charge in [0.05, 0.1) is 19.8 Å². The molecule has 33 heavy (non-hydrogen) atoms. The van der Waals surface area contributed by atoms with Crippen molar-refractivity contribution in [3.8, 4) is 28.4 Å². The van der Waals surface area contributed by atoms with Gasteiger partial charge in [-0.2, -0.15) is 0 Å². The van der Waals surface area contributed by atoms with Crippen molar-refractivity contribution in [3.05, 3.63) is 77.4 Å². The van der Waals surface area contributed by atoms with Crippen molar-refractivity contribution >= 4 is 0 Å². The van der Waals surface area contributed by atoms with Crippen molar-refractivity contribution in [2.75, 3.05) is 14.2 Å². The average Bonchev–Trinajstić information content (AvgIpc) is 2.87. The first-order valence-electron chi connectivity index (χ1n) is 11.9. The molecule has 1 fully saturated rings. The molecule has 4 rings (SSSR count). The van der Waals surface area contributed by atoms with E-state index in [2.05, 4.69) is 54.7 Å². The molecule has 3 aromatic carbocycles. The van der Waals surface area contributed by atoms with E-state index in [0.717, 1.165) is 34.9 Å². The third-order valence-electron chi connectivity index (χ3n) is 6.68. The van der Waals surface area contributed by atoms with Crippen LogP contribution in [0.25, 0.3) is 11.1 Å². The molecule has 0 aromatic heterocycles. The van der Waals surface area contributed by atoms with Crippen molar-refractivity contribution in [3.63, 3.8) is 0 Å². The molecule has 0 bridgehead atoms. The van der Waals surface area contributed by atoms with Crippen LogP contribution in [0.1, 0.15) is 48.8 Å². The molecule has 1 aliphatic carbocycles. The first-order chi connectivity index (χ1) is 16.2. The van der Waals surface area contributed by atoms with Gasteiger partial charge in [0.15, 0.2) is 0 Å². The zero-order valence-corrected chi connectivity index (χ0v) is 20.0. The second-order valence-electron chi connectivity index (χ2n) is 8.77. The van der Waals surface area contributed by atoms with Gasteiger partial charge < -0.3 is 19.5 Å². The monoisotopic (exact) mass is 445 g/mol. The summed E-state index contributed by atoms with van der Waals surface area (Å²) < 4.78 is 17.7. The lowest BCUT2D eigenvalue weighted by atomic mass is 9.95. The Balaban J connectivity index is 1.49. The minimum Gasteiger partial charge on any atom is -0.496 e. The minimum atomic E-state index is 0.485. The Bertz CT molecular complexity index is 1020. The molecule has 1 saturated carbocycles. The molecule has 0 unspecified atom stereocenters. The number of hydrogen-bond acceptors (Lipinski definition) is 4. The van der Waals surface area contributed by atoms with Gasteiger partial charge in [-0.05, 0) is 42.0 Å². The summed E-state index contributed by atoms with van der Waals surface area (Å²) in [5, 5.41) is 3.69. The van der Waals surface area contributed by atoms with Crippen LogP contribution in [0, 0.1) is 6.92 Å². The highest BCUT2D eigenvalue weighted by molar-refractivity contribution is 5.68. The van der Waals surface area contributed by atoms with E-state index in [9.17, 15) is 0 Å². The van der Waals surface area contributed by atoms with Crippen LogP contribution in [0.3, 0.4) is 0 Å². The van der Waals surface area contributed by atoms with Crippen LogP contribution in [0.2, 0.25) is 0 Å². The van der Waals surface area contributed by atoms with Gasteiger partial charge in [0.25, 0.3) is 0 Å². The standard InChI is InChI=1S/C29H35NO3/c1-21-23(13-10-16-26(21)22-11-6-4-7-12-22)20-33-25-17-28(31-2)27(29(18-25)32-3)19-30-24-14-8-5-9-15-24/h4,6-7,10-13,16-18,24,30H,5,8-9,14-15,19-20H2,1-3H3. The summed E-state index contributed by atoms with van der Waals surface area (Å²) in [6.45, 7) is 3.37. The summed E-state index contributed by atoms with van der Waals surface area (Å²) in [6, 6.07) is 21.4. The molecule has 0 aliphatic heterocycles. The highest BCUT2D eigenvalue weighted by atomic mass is 16.5. The van der Waals surface area contributed by atoms with E-state index in [0.29, 0.717) is 12.6 Å². The van der Waals surface area contributed by atoms with E-state index >= 15 is 0 Å². The molecule has 3 aromatic rings. The normalized spacial score (nSPS) is 14.2. The summed E-state index contributed by atoms with van der Waals surface area (Å²) in [4.78, 5) is 0. The van der Waals surface area contributed by atoms with E-state index in [1.807, 2.05) is 18.2 Å². The molecule has 0 spiro atoms. The summed E-state index contributed by atoms with van der Waals surface area (Å²) in [5.41, 5.74) is 5.89. The maximum absolute atomic E-state index is 6.22. The first kappa shape index (κ1) is 23.2. The van der Waals surface area contributed by atoms with Gasteiger partial charge in [0, 0.05) is 24.7 Å². The minimum absolute atomic E-state index is 0.485. The quantitative estimate of drug-likeness (QED) is 0.399. The number of methoxy groups -OCH3 is 2. The summed E-state index contributed by atoms with van der Waals surface area (Å²) >= 11 is 0. The molecule has 174 valence electrons. The highest BCUT2D eigenvalue weighted by Crippen LogP contribution is 2.35. The van der Waals surface area contributed by atoms with E-state index in [1.165, 1.54) is 48.8 Å². The van der Waals surface area contributed by atoms with Gasteiger partial charge in [-0.25, -0.2) is 0 Å². The van der Waals surface area contributed by atoms with E-state index in [4.69, 9.17) is 14.2 Å². The third kappa shape index (κ3) is 5.69. The van der Waals surface area contributed by atoms with Crippen LogP contribution in [0.4, 0.5) is 0 Å². The van der Waals surface area contributed by atoms with Crippen molar-refractivity contribution in [1.82, 2.24) is 5.32 Å². The van der Waals surface area contributed by atoms with Crippen LogP contribution in [0.5, 0.6) is 17.2 Å². The van der Waals surface area contributed by atoms with Crippen LogP contribution in [-0.2, 0) is 13.2 Å². The molecule has 4 nitrogen and oxygen atoms in total. The second kappa shape index (κ2) is 11.2. The number of benzene rings is 3. The first-order valence-corrected chi connectivity index (χ1v) is 11.9. The third-order valence-corrected chi connectivity index (χ3v) is 6.68. The van der Waals surface area contributed by atoms with Gasteiger partial charge in [-0.3, -0.25) is 0 Å². The predicted molar refractivity (Wildman–Crippen MR) is 134 cm³/mol. The largest absolute Gasteiger partial charge is 0.496 e. The lowest BCUT2D eigenvalue weighted by Crippen LogP contribution is -2.30. The van der Waals surface area contributed by atoms with Gasteiger partial charge in [-0.15, -0.1) is 0 Å². The smallest absolute Gasteiger partial charge is 0.130 e. The molecule has 0 amide bonds. The number of nitrogens with one attached hydrogen (secondary N) is 1. The second-order valence-corrected chi connectivity index (χ2v) is 8.77. The fraction of sp³-hybridized carbons (Fsp3) is 0.379. The Morgan fingerprint density at radius 2 is 1.55 bits per heavy atom. The average molecular weight is 446 g/mol. The Labute approximate surface area is 197 Å². The molecule has 1 N–H and O–H groups in total. The Hall–Kier alpha value is -2.98. The predicted octanol–water partition coefficient (Wildman–Crippen LogP) is 6.68. The molecule has 0 saturated heterocycles. The zero-order valence-electron chi connectivity index (χ0n) is 20.0.